The Balaban J connectivity index is 1.51. The molecule has 0 N–H and O–H groups in total. The molecule has 126 valence electrons. The third kappa shape index (κ3) is 2.87. The Morgan fingerprint density at radius 3 is 2.62 bits per heavy atom. The van der Waals surface area contributed by atoms with Crippen LogP contribution in [0.5, 0.6) is 0 Å². The fourth-order valence-corrected chi connectivity index (χ4v) is 4.68. The van der Waals surface area contributed by atoms with Crippen molar-refractivity contribution in [1.29, 1.82) is 0 Å². The number of fused-ring (bicyclic) bond motifs is 1. The molecular formula is C21H25FN2. The van der Waals surface area contributed by atoms with E-state index in [9.17, 15) is 4.39 Å². The molecule has 2 aliphatic heterocycles. The van der Waals surface area contributed by atoms with Gasteiger partial charge in [-0.25, -0.2) is 4.39 Å². The van der Waals surface area contributed by atoms with Crippen LogP contribution in [-0.4, -0.2) is 36.5 Å². The van der Waals surface area contributed by atoms with Crippen LogP contribution in [0.4, 0.5) is 4.39 Å². The number of hydrogen-bond acceptors (Lipinski definition) is 2. The fourth-order valence-electron chi connectivity index (χ4n) is 4.68. The zero-order valence-corrected chi connectivity index (χ0v) is 14.5. The van der Waals surface area contributed by atoms with Crippen molar-refractivity contribution in [3.63, 3.8) is 0 Å². The normalized spacial score (nSPS) is 27.5. The number of likely N-dealkylation sites (tertiary alicyclic amines) is 2. The van der Waals surface area contributed by atoms with Crippen molar-refractivity contribution in [3.05, 3.63) is 71.0 Å². The summed E-state index contributed by atoms with van der Waals surface area (Å²) in [5.74, 6) is 1.26. The van der Waals surface area contributed by atoms with E-state index in [2.05, 4.69) is 54.1 Å². The zero-order chi connectivity index (χ0) is 16.7. The van der Waals surface area contributed by atoms with E-state index in [1.807, 2.05) is 6.07 Å². The molecule has 4 rings (SSSR count). The molecule has 0 saturated carbocycles. The minimum absolute atomic E-state index is 0.128. The van der Waals surface area contributed by atoms with Gasteiger partial charge in [-0.05, 0) is 54.6 Å². The van der Waals surface area contributed by atoms with Crippen LogP contribution in [0, 0.1) is 24.6 Å². The molecule has 0 radical (unpaired) electrons. The van der Waals surface area contributed by atoms with Gasteiger partial charge in [-0.1, -0.05) is 36.4 Å². The predicted molar refractivity (Wildman–Crippen MR) is 95.2 cm³/mol. The second kappa shape index (κ2) is 6.30. The lowest BCUT2D eigenvalue weighted by molar-refractivity contribution is 0.224. The molecule has 2 aromatic carbocycles. The van der Waals surface area contributed by atoms with E-state index < -0.39 is 0 Å². The Bertz CT molecular complexity index is 715. The number of hydrogen-bond donors (Lipinski definition) is 0. The van der Waals surface area contributed by atoms with Crippen molar-refractivity contribution in [1.82, 2.24) is 9.80 Å². The third-order valence-electron chi connectivity index (χ3n) is 5.82. The maximum Gasteiger partial charge on any atom is 0.123 e. The average molecular weight is 324 g/mol. The van der Waals surface area contributed by atoms with Gasteiger partial charge in [-0.15, -0.1) is 0 Å². The van der Waals surface area contributed by atoms with Crippen LogP contribution in [0.3, 0.4) is 0 Å². The van der Waals surface area contributed by atoms with Crippen molar-refractivity contribution in [3.8, 4) is 0 Å². The van der Waals surface area contributed by atoms with Gasteiger partial charge in [0.05, 0.1) is 0 Å². The third-order valence-corrected chi connectivity index (χ3v) is 5.82. The first-order valence-corrected chi connectivity index (χ1v) is 8.84. The number of aryl methyl sites for hydroxylation is 1. The molecule has 3 atom stereocenters. The van der Waals surface area contributed by atoms with Crippen molar-refractivity contribution < 1.29 is 4.39 Å². The summed E-state index contributed by atoms with van der Waals surface area (Å²) in [6, 6.07) is 16.5. The molecule has 2 saturated heterocycles. The van der Waals surface area contributed by atoms with Crippen LogP contribution in [0.15, 0.2) is 48.5 Å². The lowest BCUT2D eigenvalue weighted by Crippen LogP contribution is -2.29. The minimum atomic E-state index is -0.128. The molecule has 2 nitrogen and oxygen atoms in total. The fraction of sp³-hybridized carbons (Fsp3) is 0.429. The SMILES string of the molecule is Cc1ccc(F)cc1CN1C[C@@H]2CN(C)[C@@H](c3ccccc3)[C@@H]2C1. The lowest BCUT2D eigenvalue weighted by Gasteiger charge is -2.27. The molecular weight excluding hydrogens is 299 g/mol. The summed E-state index contributed by atoms with van der Waals surface area (Å²) in [6.07, 6.45) is 0. The summed E-state index contributed by atoms with van der Waals surface area (Å²) in [6.45, 7) is 6.32. The first kappa shape index (κ1) is 15.8. The van der Waals surface area contributed by atoms with E-state index in [4.69, 9.17) is 0 Å². The number of benzene rings is 2. The predicted octanol–water partition coefficient (Wildman–Crippen LogP) is 3.87. The van der Waals surface area contributed by atoms with Crippen molar-refractivity contribution in [2.45, 2.75) is 19.5 Å². The highest BCUT2D eigenvalue weighted by atomic mass is 19.1. The van der Waals surface area contributed by atoms with Crippen molar-refractivity contribution >= 4 is 0 Å². The molecule has 0 aromatic heterocycles. The van der Waals surface area contributed by atoms with Gasteiger partial charge < -0.3 is 0 Å². The van der Waals surface area contributed by atoms with Crippen molar-refractivity contribution in [2.75, 3.05) is 26.7 Å². The van der Waals surface area contributed by atoms with Gasteiger partial charge in [0.15, 0.2) is 0 Å². The molecule has 2 heterocycles. The monoisotopic (exact) mass is 324 g/mol. The van der Waals surface area contributed by atoms with Crippen LogP contribution >= 0.6 is 0 Å². The highest BCUT2D eigenvalue weighted by Gasteiger charge is 2.45. The number of halogens is 1. The highest BCUT2D eigenvalue weighted by molar-refractivity contribution is 5.27. The van der Waals surface area contributed by atoms with Crippen LogP contribution in [0.1, 0.15) is 22.7 Å². The summed E-state index contributed by atoms with van der Waals surface area (Å²) >= 11 is 0. The largest absolute Gasteiger partial charge is 0.299 e. The molecule has 24 heavy (non-hydrogen) atoms. The maximum atomic E-state index is 13.6. The van der Waals surface area contributed by atoms with E-state index in [1.165, 1.54) is 11.1 Å². The Hall–Kier alpha value is -1.71. The summed E-state index contributed by atoms with van der Waals surface area (Å²) < 4.78 is 13.6. The number of nitrogens with zero attached hydrogens (tertiary/aromatic N) is 2. The van der Waals surface area contributed by atoms with Gasteiger partial charge in [0.25, 0.3) is 0 Å². The van der Waals surface area contributed by atoms with Crippen molar-refractivity contribution in [2.24, 2.45) is 11.8 Å². The smallest absolute Gasteiger partial charge is 0.123 e. The molecule has 2 fully saturated rings. The van der Waals surface area contributed by atoms with E-state index in [0.717, 1.165) is 31.7 Å². The summed E-state index contributed by atoms with van der Waals surface area (Å²) in [5, 5.41) is 0. The van der Waals surface area contributed by atoms with E-state index in [1.54, 1.807) is 12.1 Å². The van der Waals surface area contributed by atoms with Crippen LogP contribution < -0.4 is 0 Å². The average Bonchev–Trinajstić information content (AvgIpc) is 3.07. The van der Waals surface area contributed by atoms with E-state index in [-0.39, 0.29) is 5.82 Å². The van der Waals surface area contributed by atoms with E-state index in [0.29, 0.717) is 17.9 Å². The van der Waals surface area contributed by atoms with Gasteiger partial charge in [-0.3, -0.25) is 9.80 Å². The Morgan fingerprint density at radius 1 is 1.04 bits per heavy atom. The zero-order valence-electron chi connectivity index (χ0n) is 14.5. The van der Waals surface area contributed by atoms with Crippen LogP contribution in [0.25, 0.3) is 0 Å². The van der Waals surface area contributed by atoms with Crippen LogP contribution in [-0.2, 0) is 6.54 Å². The second-order valence-corrected chi connectivity index (χ2v) is 7.48. The first-order valence-electron chi connectivity index (χ1n) is 8.84. The Morgan fingerprint density at radius 2 is 1.83 bits per heavy atom. The molecule has 0 spiro atoms. The second-order valence-electron chi connectivity index (χ2n) is 7.48. The maximum absolute atomic E-state index is 13.6. The molecule has 0 aliphatic carbocycles. The topological polar surface area (TPSA) is 6.48 Å². The lowest BCUT2D eigenvalue weighted by atomic mass is 9.90. The molecule has 2 aliphatic rings. The quantitative estimate of drug-likeness (QED) is 0.846. The van der Waals surface area contributed by atoms with Gasteiger partial charge >= 0.3 is 0 Å². The molecule has 0 bridgehead atoms. The summed E-state index contributed by atoms with van der Waals surface area (Å²) in [7, 11) is 2.25. The van der Waals surface area contributed by atoms with Gasteiger partial charge in [0, 0.05) is 32.2 Å². The van der Waals surface area contributed by atoms with Gasteiger partial charge in [0.2, 0.25) is 0 Å². The minimum Gasteiger partial charge on any atom is -0.299 e. The summed E-state index contributed by atoms with van der Waals surface area (Å²) in [4.78, 5) is 5.02. The molecule has 2 aromatic rings. The Labute approximate surface area is 143 Å². The van der Waals surface area contributed by atoms with E-state index >= 15 is 0 Å². The number of rotatable bonds is 3. The van der Waals surface area contributed by atoms with Gasteiger partial charge in [0.1, 0.15) is 5.82 Å². The molecule has 0 unspecified atom stereocenters. The van der Waals surface area contributed by atoms with Gasteiger partial charge in [-0.2, -0.15) is 0 Å². The van der Waals surface area contributed by atoms with Crippen LogP contribution in [0.2, 0.25) is 0 Å². The molecule has 0 amide bonds. The molecule has 3 heteroatoms. The Kier molecular flexibility index (Phi) is 4.15. The standard InChI is InChI=1S/C21H25FN2/c1-15-8-9-19(22)10-17(15)12-24-13-18-11-23(2)21(20(18)14-24)16-6-4-3-5-7-16/h3-10,18,20-21H,11-14H2,1-2H3/t18-,20+,21-/m0/s1. The highest BCUT2D eigenvalue weighted by Crippen LogP contribution is 2.44. The first-order chi connectivity index (χ1) is 11.6. The summed E-state index contributed by atoms with van der Waals surface area (Å²) in [5.41, 5.74) is 3.74.